The van der Waals surface area contributed by atoms with Gasteiger partial charge in [0.2, 0.25) is 0 Å². The molecule has 0 saturated carbocycles. The molecule has 2 rings (SSSR count). The van der Waals surface area contributed by atoms with Crippen molar-refractivity contribution in [1.29, 1.82) is 0 Å². The summed E-state index contributed by atoms with van der Waals surface area (Å²) in [7, 11) is 0. The number of aliphatic hydroxyl groups excluding tert-OH is 1. The van der Waals surface area contributed by atoms with Crippen molar-refractivity contribution in [3.05, 3.63) is 23.8 Å². The molecule has 0 aromatic carbocycles. The maximum atomic E-state index is 12.3. The van der Waals surface area contributed by atoms with Gasteiger partial charge in [-0.2, -0.15) is 10.1 Å². The lowest BCUT2D eigenvalue weighted by atomic mass is 10.0. The molecular weight excluding hydrogens is 258 g/mol. The highest BCUT2D eigenvalue weighted by atomic mass is 16.3. The molecule has 0 aliphatic carbocycles. The lowest BCUT2D eigenvalue weighted by molar-refractivity contribution is 0.0915. The lowest BCUT2D eigenvalue weighted by Gasteiger charge is -2.21. The third kappa shape index (κ3) is 2.77. The number of aliphatic hydroxyl groups is 1. The van der Waals surface area contributed by atoms with E-state index in [2.05, 4.69) is 20.4 Å². The van der Waals surface area contributed by atoms with Crippen LogP contribution in [-0.2, 0) is 0 Å². The number of hydrogen-bond acceptors (Lipinski definition) is 5. The van der Waals surface area contributed by atoms with E-state index < -0.39 is 0 Å². The first-order chi connectivity index (χ1) is 9.54. The van der Waals surface area contributed by atoms with Crippen molar-refractivity contribution in [3.63, 3.8) is 0 Å². The Labute approximate surface area is 117 Å². The fourth-order valence-electron chi connectivity index (χ4n) is 2.07. The zero-order valence-electron chi connectivity index (χ0n) is 11.9. The predicted octanol–water partition coefficient (Wildman–Crippen LogP) is 0.570. The number of nitrogens with one attached hydrogen (secondary N) is 1. The van der Waals surface area contributed by atoms with E-state index in [-0.39, 0.29) is 24.5 Å². The van der Waals surface area contributed by atoms with Gasteiger partial charge in [-0.25, -0.2) is 9.50 Å². The molecule has 2 aromatic heterocycles. The average molecular weight is 277 g/mol. The number of rotatable bonds is 5. The minimum Gasteiger partial charge on any atom is -0.396 e. The Morgan fingerprint density at radius 3 is 2.85 bits per heavy atom. The summed E-state index contributed by atoms with van der Waals surface area (Å²) in [5.41, 5.74) is 1.16. The number of aromatic nitrogens is 4. The second-order valence-corrected chi connectivity index (χ2v) is 5.07. The molecule has 2 aromatic rings. The molecule has 1 unspecified atom stereocenters. The highest BCUT2D eigenvalue weighted by Crippen LogP contribution is 2.11. The van der Waals surface area contributed by atoms with Gasteiger partial charge in [0.1, 0.15) is 6.33 Å². The standard InChI is InChI=1S/C13H19N5O2/c1-8(2)11(4-5-19)17-12(20)10-6-14-13-15-7-16-18(13)9(10)3/h6-8,11,19H,4-5H2,1-3H3,(H,17,20). The molecule has 108 valence electrons. The van der Waals surface area contributed by atoms with Gasteiger partial charge in [-0.3, -0.25) is 4.79 Å². The van der Waals surface area contributed by atoms with Crippen molar-refractivity contribution in [2.24, 2.45) is 5.92 Å². The Bertz CT molecular complexity index is 608. The zero-order valence-corrected chi connectivity index (χ0v) is 11.9. The summed E-state index contributed by atoms with van der Waals surface area (Å²) in [4.78, 5) is 20.4. The van der Waals surface area contributed by atoms with Crippen molar-refractivity contribution < 1.29 is 9.90 Å². The molecule has 7 nitrogen and oxygen atoms in total. The van der Waals surface area contributed by atoms with Crippen LogP contribution in [0.25, 0.3) is 5.78 Å². The smallest absolute Gasteiger partial charge is 0.254 e. The molecule has 0 aliphatic heterocycles. The molecule has 0 bridgehead atoms. The summed E-state index contributed by atoms with van der Waals surface area (Å²) in [6.45, 7) is 5.86. The van der Waals surface area contributed by atoms with Crippen molar-refractivity contribution in [3.8, 4) is 0 Å². The topological polar surface area (TPSA) is 92.4 Å². The van der Waals surface area contributed by atoms with Crippen LogP contribution in [0.15, 0.2) is 12.5 Å². The number of nitrogens with zero attached hydrogens (tertiary/aromatic N) is 4. The molecule has 0 radical (unpaired) electrons. The van der Waals surface area contributed by atoms with Crippen molar-refractivity contribution >= 4 is 11.7 Å². The molecule has 7 heteroatoms. The molecule has 1 atom stereocenters. The molecule has 0 saturated heterocycles. The minimum atomic E-state index is -0.209. The van der Waals surface area contributed by atoms with Crippen LogP contribution < -0.4 is 5.32 Å². The Balaban J connectivity index is 2.24. The van der Waals surface area contributed by atoms with Gasteiger partial charge < -0.3 is 10.4 Å². The first-order valence-corrected chi connectivity index (χ1v) is 6.61. The van der Waals surface area contributed by atoms with E-state index in [4.69, 9.17) is 5.11 Å². The number of amides is 1. The number of fused-ring (bicyclic) bond motifs is 1. The van der Waals surface area contributed by atoms with E-state index in [9.17, 15) is 4.79 Å². The second-order valence-electron chi connectivity index (χ2n) is 5.07. The maximum Gasteiger partial charge on any atom is 0.254 e. The summed E-state index contributed by atoms with van der Waals surface area (Å²) < 4.78 is 1.53. The third-order valence-electron chi connectivity index (χ3n) is 3.35. The van der Waals surface area contributed by atoms with Crippen LogP contribution >= 0.6 is 0 Å². The average Bonchev–Trinajstić information content (AvgIpc) is 2.87. The monoisotopic (exact) mass is 277 g/mol. The summed E-state index contributed by atoms with van der Waals surface area (Å²) in [6.07, 6.45) is 3.44. The van der Waals surface area contributed by atoms with Crippen LogP contribution in [0.3, 0.4) is 0 Å². The van der Waals surface area contributed by atoms with Gasteiger partial charge in [0.15, 0.2) is 0 Å². The Morgan fingerprint density at radius 1 is 1.45 bits per heavy atom. The van der Waals surface area contributed by atoms with Gasteiger partial charge >= 0.3 is 0 Å². The number of aryl methyl sites for hydroxylation is 1. The van der Waals surface area contributed by atoms with Gasteiger partial charge in [-0.05, 0) is 19.3 Å². The Morgan fingerprint density at radius 2 is 2.20 bits per heavy atom. The second kappa shape index (κ2) is 5.96. The van der Waals surface area contributed by atoms with Crippen LogP contribution in [0.2, 0.25) is 0 Å². The summed E-state index contributed by atoms with van der Waals surface area (Å²) in [5.74, 6) is 0.504. The Kier molecular flexibility index (Phi) is 4.29. The van der Waals surface area contributed by atoms with E-state index in [1.165, 1.54) is 17.0 Å². The summed E-state index contributed by atoms with van der Waals surface area (Å²) in [6, 6.07) is -0.0710. The number of carbonyl (C=O) groups excluding carboxylic acids is 1. The van der Waals surface area contributed by atoms with Crippen LogP contribution in [0, 0.1) is 12.8 Å². The SMILES string of the molecule is Cc1c(C(=O)NC(CCO)C(C)C)cnc2ncnn12. The van der Waals surface area contributed by atoms with E-state index in [1.54, 1.807) is 6.92 Å². The minimum absolute atomic E-state index is 0.0441. The van der Waals surface area contributed by atoms with Gasteiger partial charge in [-0.1, -0.05) is 13.8 Å². The lowest BCUT2D eigenvalue weighted by Crippen LogP contribution is -2.39. The third-order valence-corrected chi connectivity index (χ3v) is 3.35. The van der Waals surface area contributed by atoms with Crippen LogP contribution in [0.1, 0.15) is 36.3 Å². The predicted molar refractivity (Wildman–Crippen MR) is 73.3 cm³/mol. The molecular formula is C13H19N5O2. The van der Waals surface area contributed by atoms with E-state index in [0.717, 1.165) is 0 Å². The van der Waals surface area contributed by atoms with Crippen LogP contribution in [0.5, 0.6) is 0 Å². The van der Waals surface area contributed by atoms with Gasteiger partial charge in [0, 0.05) is 18.8 Å². The first kappa shape index (κ1) is 14.4. The van der Waals surface area contributed by atoms with Gasteiger partial charge in [-0.15, -0.1) is 0 Å². The summed E-state index contributed by atoms with van der Waals surface area (Å²) in [5, 5.41) is 16.0. The summed E-state index contributed by atoms with van der Waals surface area (Å²) >= 11 is 0. The highest BCUT2D eigenvalue weighted by molar-refractivity contribution is 5.95. The number of carbonyl (C=O) groups is 1. The molecule has 0 aliphatic rings. The van der Waals surface area contributed by atoms with E-state index in [0.29, 0.717) is 23.5 Å². The van der Waals surface area contributed by atoms with Crippen molar-refractivity contribution in [2.75, 3.05) is 6.61 Å². The molecule has 2 heterocycles. The Hall–Kier alpha value is -2.02. The van der Waals surface area contributed by atoms with Gasteiger partial charge in [0.05, 0.1) is 11.3 Å². The first-order valence-electron chi connectivity index (χ1n) is 6.61. The molecule has 0 spiro atoms. The molecule has 1 amide bonds. The quantitative estimate of drug-likeness (QED) is 0.833. The zero-order chi connectivity index (χ0) is 14.7. The normalized spacial score (nSPS) is 12.8. The molecule has 0 fully saturated rings. The van der Waals surface area contributed by atoms with Crippen molar-refractivity contribution in [2.45, 2.75) is 33.2 Å². The fraction of sp³-hybridized carbons (Fsp3) is 0.538. The molecule has 2 N–H and O–H groups in total. The van der Waals surface area contributed by atoms with Crippen molar-refractivity contribution in [1.82, 2.24) is 24.9 Å². The highest BCUT2D eigenvalue weighted by Gasteiger charge is 2.19. The van der Waals surface area contributed by atoms with Crippen LogP contribution in [-0.4, -0.2) is 43.2 Å². The van der Waals surface area contributed by atoms with Crippen LogP contribution in [0.4, 0.5) is 0 Å². The van der Waals surface area contributed by atoms with E-state index >= 15 is 0 Å². The van der Waals surface area contributed by atoms with Gasteiger partial charge in [0.25, 0.3) is 11.7 Å². The maximum absolute atomic E-state index is 12.3. The van der Waals surface area contributed by atoms with E-state index in [1.807, 2.05) is 13.8 Å². The largest absolute Gasteiger partial charge is 0.396 e. The molecule has 20 heavy (non-hydrogen) atoms. The fourth-order valence-corrected chi connectivity index (χ4v) is 2.07. The number of hydrogen-bond donors (Lipinski definition) is 2.